The van der Waals surface area contributed by atoms with Crippen LogP contribution in [0.5, 0.6) is 0 Å². The maximum absolute atomic E-state index is 13.1. The van der Waals surface area contributed by atoms with Crippen molar-refractivity contribution in [3.05, 3.63) is 30.0 Å². The fourth-order valence-electron chi connectivity index (χ4n) is 1.61. The summed E-state index contributed by atoms with van der Waals surface area (Å²) in [5, 5.41) is 3.29. The lowest BCUT2D eigenvalue weighted by Crippen LogP contribution is -2.13. The Bertz CT molecular complexity index is 626. The molecule has 0 fully saturated rings. The molecule has 9 heteroatoms. The zero-order valence-corrected chi connectivity index (χ0v) is 10.4. The zero-order valence-electron chi connectivity index (χ0n) is 10.4. The maximum Gasteiger partial charge on any atom is 0.435 e. The average molecular weight is 292 g/mol. The van der Waals surface area contributed by atoms with Crippen molar-refractivity contribution in [1.29, 1.82) is 0 Å². The number of hydrogen-bond acceptors (Lipinski definition) is 3. The SMILES string of the molecule is Cn1cc(-c2ccnc(C(C)(F)F)n2)c(C(F)(F)F)n1. The van der Waals surface area contributed by atoms with Crippen LogP contribution < -0.4 is 0 Å². The van der Waals surface area contributed by atoms with E-state index in [1.165, 1.54) is 7.05 Å². The van der Waals surface area contributed by atoms with E-state index in [1.54, 1.807) is 0 Å². The highest BCUT2D eigenvalue weighted by Gasteiger charge is 2.38. The summed E-state index contributed by atoms with van der Waals surface area (Å²) in [6.07, 6.45) is -2.64. The van der Waals surface area contributed by atoms with Crippen LogP contribution in [0.2, 0.25) is 0 Å². The molecule has 0 saturated heterocycles. The van der Waals surface area contributed by atoms with Crippen LogP contribution in [0.25, 0.3) is 11.3 Å². The average Bonchev–Trinajstić information content (AvgIpc) is 2.70. The molecule has 2 heterocycles. The van der Waals surface area contributed by atoms with Crippen molar-refractivity contribution in [3.63, 3.8) is 0 Å². The van der Waals surface area contributed by atoms with Gasteiger partial charge in [-0.25, -0.2) is 9.97 Å². The summed E-state index contributed by atoms with van der Waals surface area (Å²) >= 11 is 0. The maximum atomic E-state index is 13.1. The molecule has 2 aromatic heterocycles. The quantitative estimate of drug-likeness (QED) is 0.799. The molecular weight excluding hydrogens is 283 g/mol. The van der Waals surface area contributed by atoms with Gasteiger partial charge >= 0.3 is 12.1 Å². The Morgan fingerprint density at radius 3 is 2.35 bits per heavy atom. The van der Waals surface area contributed by atoms with Gasteiger partial charge in [0.05, 0.1) is 11.3 Å². The fourth-order valence-corrected chi connectivity index (χ4v) is 1.61. The highest BCUT2D eigenvalue weighted by atomic mass is 19.4. The van der Waals surface area contributed by atoms with Gasteiger partial charge in [0.15, 0.2) is 11.5 Å². The summed E-state index contributed by atoms with van der Waals surface area (Å²) in [7, 11) is 1.30. The van der Waals surface area contributed by atoms with Crippen LogP contribution in [0.4, 0.5) is 22.0 Å². The Balaban J connectivity index is 2.58. The van der Waals surface area contributed by atoms with Crippen molar-refractivity contribution in [2.75, 3.05) is 0 Å². The van der Waals surface area contributed by atoms with E-state index in [1.807, 2.05) is 0 Å². The van der Waals surface area contributed by atoms with Crippen LogP contribution in [0, 0.1) is 0 Å². The minimum absolute atomic E-state index is 0.253. The number of halogens is 5. The molecule has 0 unspecified atom stereocenters. The molecule has 0 aliphatic carbocycles. The van der Waals surface area contributed by atoms with Crippen LogP contribution in [0.15, 0.2) is 18.5 Å². The molecular formula is C11H9F5N4. The van der Waals surface area contributed by atoms with E-state index >= 15 is 0 Å². The molecule has 0 saturated carbocycles. The Morgan fingerprint density at radius 1 is 1.15 bits per heavy atom. The standard InChI is InChI=1S/C11H9F5N4/c1-10(12,13)9-17-4-3-7(18-9)6-5-20(2)19-8(6)11(14,15)16/h3-5H,1-2H3. The van der Waals surface area contributed by atoms with E-state index in [9.17, 15) is 22.0 Å². The molecule has 0 atom stereocenters. The van der Waals surface area contributed by atoms with E-state index in [0.29, 0.717) is 6.92 Å². The summed E-state index contributed by atoms with van der Waals surface area (Å²) in [5.41, 5.74) is -1.80. The second-order valence-electron chi connectivity index (χ2n) is 4.22. The summed E-state index contributed by atoms with van der Waals surface area (Å²) in [4.78, 5) is 6.85. The third kappa shape index (κ3) is 2.75. The molecule has 2 aromatic rings. The molecule has 2 rings (SSSR count). The molecule has 0 aliphatic rings. The molecule has 0 bridgehead atoms. The largest absolute Gasteiger partial charge is 0.435 e. The minimum atomic E-state index is -4.70. The van der Waals surface area contributed by atoms with Gasteiger partial charge in [0.25, 0.3) is 0 Å². The highest BCUT2D eigenvalue weighted by Crippen LogP contribution is 2.35. The van der Waals surface area contributed by atoms with Gasteiger partial charge in [-0.3, -0.25) is 4.68 Å². The van der Waals surface area contributed by atoms with Gasteiger partial charge in [0.2, 0.25) is 0 Å². The number of aromatic nitrogens is 4. The Kier molecular flexibility index (Phi) is 3.23. The molecule has 0 spiro atoms. The van der Waals surface area contributed by atoms with Crippen LogP contribution in [-0.2, 0) is 19.1 Å². The van der Waals surface area contributed by atoms with E-state index in [0.717, 1.165) is 23.1 Å². The predicted molar refractivity (Wildman–Crippen MR) is 58.8 cm³/mol. The van der Waals surface area contributed by atoms with E-state index in [-0.39, 0.29) is 11.3 Å². The van der Waals surface area contributed by atoms with E-state index in [4.69, 9.17) is 0 Å². The molecule has 4 nitrogen and oxygen atoms in total. The third-order valence-corrected chi connectivity index (χ3v) is 2.42. The monoisotopic (exact) mass is 292 g/mol. The number of aryl methyl sites for hydroxylation is 1. The van der Waals surface area contributed by atoms with Crippen molar-refractivity contribution in [3.8, 4) is 11.3 Å². The minimum Gasteiger partial charge on any atom is -0.275 e. The zero-order chi connectivity index (χ0) is 15.1. The normalized spacial score (nSPS) is 12.8. The second kappa shape index (κ2) is 4.50. The molecule has 0 aromatic carbocycles. The second-order valence-corrected chi connectivity index (χ2v) is 4.22. The van der Waals surface area contributed by atoms with Gasteiger partial charge in [-0.2, -0.15) is 27.1 Å². The van der Waals surface area contributed by atoms with Crippen LogP contribution >= 0.6 is 0 Å². The Labute approximate surface area is 110 Å². The van der Waals surface area contributed by atoms with E-state index in [2.05, 4.69) is 15.1 Å². The lowest BCUT2D eigenvalue weighted by molar-refractivity contribution is -0.141. The van der Waals surface area contributed by atoms with Crippen molar-refractivity contribution in [2.45, 2.75) is 19.0 Å². The summed E-state index contributed by atoms with van der Waals surface area (Å²) in [5.74, 6) is -4.18. The van der Waals surface area contributed by atoms with Crippen LogP contribution in [0.1, 0.15) is 18.4 Å². The molecule has 108 valence electrons. The molecule has 0 N–H and O–H groups in total. The first-order chi connectivity index (χ1) is 9.09. The fraction of sp³-hybridized carbons (Fsp3) is 0.364. The number of rotatable bonds is 2. The van der Waals surface area contributed by atoms with Crippen LogP contribution in [-0.4, -0.2) is 19.7 Å². The first kappa shape index (κ1) is 14.4. The number of alkyl halides is 5. The molecule has 0 aliphatic heterocycles. The lowest BCUT2D eigenvalue weighted by atomic mass is 10.1. The van der Waals surface area contributed by atoms with Crippen molar-refractivity contribution >= 4 is 0 Å². The van der Waals surface area contributed by atoms with Gasteiger partial charge in [-0.05, 0) is 6.07 Å². The van der Waals surface area contributed by atoms with Gasteiger partial charge < -0.3 is 0 Å². The predicted octanol–water partition coefficient (Wildman–Crippen LogP) is 3.01. The van der Waals surface area contributed by atoms with Gasteiger partial charge in [-0.15, -0.1) is 0 Å². The van der Waals surface area contributed by atoms with Crippen molar-refractivity contribution < 1.29 is 22.0 Å². The highest BCUT2D eigenvalue weighted by molar-refractivity contribution is 5.61. The van der Waals surface area contributed by atoms with Gasteiger partial charge in [0, 0.05) is 26.4 Å². The topological polar surface area (TPSA) is 43.6 Å². The smallest absolute Gasteiger partial charge is 0.275 e. The van der Waals surface area contributed by atoms with Gasteiger partial charge in [-0.1, -0.05) is 0 Å². The van der Waals surface area contributed by atoms with Crippen molar-refractivity contribution in [2.24, 2.45) is 7.05 Å². The van der Waals surface area contributed by atoms with Crippen molar-refractivity contribution in [1.82, 2.24) is 19.7 Å². The van der Waals surface area contributed by atoms with Crippen LogP contribution in [0.3, 0.4) is 0 Å². The Morgan fingerprint density at radius 2 is 1.80 bits per heavy atom. The van der Waals surface area contributed by atoms with Gasteiger partial charge in [0.1, 0.15) is 0 Å². The summed E-state index contributed by atoms with van der Waals surface area (Å²) in [6.45, 7) is 0.569. The summed E-state index contributed by atoms with van der Waals surface area (Å²) in [6, 6.07) is 1.13. The molecule has 0 radical (unpaired) electrons. The lowest BCUT2D eigenvalue weighted by Gasteiger charge is -2.10. The van der Waals surface area contributed by atoms with E-state index < -0.39 is 23.6 Å². The number of hydrogen-bond donors (Lipinski definition) is 0. The third-order valence-electron chi connectivity index (χ3n) is 2.42. The first-order valence-corrected chi connectivity index (χ1v) is 5.41. The Hall–Kier alpha value is -2.06. The molecule has 0 amide bonds. The number of nitrogens with zero attached hydrogens (tertiary/aromatic N) is 4. The summed E-state index contributed by atoms with van der Waals surface area (Å²) < 4.78 is 65.6. The first-order valence-electron chi connectivity index (χ1n) is 5.41. The molecule has 20 heavy (non-hydrogen) atoms.